The molecule has 1 aliphatic carbocycles. The first-order chi connectivity index (χ1) is 10.3. The number of rotatable bonds is 3. The molecule has 1 aromatic rings. The second-order valence-corrected chi connectivity index (χ2v) is 6.45. The molecule has 1 amide bonds. The summed E-state index contributed by atoms with van der Waals surface area (Å²) in [6.07, 6.45) is 6.85. The molecule has 1 unspecified atom stereocenters. The molecule has 21 heavy (non-hydrogen) atoms. The molecule has 1 aromatic carbocycles. The largest absolute Gasteiger partial charge is 0.492 e. The third-order valence-electron chi connectivity index (χ3n) is 5.02. The van der Waals surface area contributed by atoms with Crippen molar-refractivity contribution in [1.29, 1.82) is 0 Å². The number of benzene rings is 1. The van der Waals surface area contributed by atoms with Crippen molar-refractivity contribution >= 4 is 5.91 Å². The van der Waals surface area contributed by atoms with Crippen molar-refractivity contribution in [2.75, 3.05) is 6.61 Å². The minimum absolute atomic E-state index is 0.0381. The van der Waals surface area contributed by atoms with Crippen LogP contribution in [0.3, 0.4) is 0 Å². The molecule has 114 valence electrons. The summed E-state index contributed by atoms with van der Waals surface area (Å²) in [5.41, 5.74) is 1.15. The predicted molar refractivity (Wildman–Crippen MR) is 83.3 cm³/mol. The second kappa shape index (κ2) is 6.50. The van der Waals surface area contributed by atoms with Crippen molar-refractivity contribution in [2.45, 2.75) is 51.5 Å². The molecule has 0 saturated heterocycles. The third kappa shape index (κ3) is 3.39. The van der Waals surface area contributed by atoms with Gasteiger partial charge in [0.1, 0.15) is 12.4 Å². The van der Waals surface area contributed by atoms with Gasteiger partial charge in [0.05, 0.1) is 5.92 Å². The normalized spacial score (nSPS) is 28.3. The quantitative estimate of drug-likeness (QED) is 0.926. The lowest BCUT2D eigenvalue weighted by Crippen LogP contribution is -2.44. The maximum Gasteiger partial charge on any atom is 0.227 e. The van der Waals surface area contributed by atoms with Crippen LogP contribution in [0.25, 0.3) is 0 Å². The maximum absolute atomic E-state index is 12.4. The van der Waals surface area contributed by atoms with E-state index in [1.165, 1.54) is 19.3 Å². The number of nitrogens with one attached hydrogen (secondary N) is 1. The Morgan fingerprint density at radius 3 is 2.76 bits per heavy atom. The molecular weight excluding hydrogens is 262 g/mol. The van der Waals surface area contributed by atoms with E-state index in [4.69, 9.17) is 4.74 Å². The highest BCUT2D eigenvalue weighted by atomic mass is 16.5. The van der Waals surface area contributed by atoms with E-state index < -0.39 is 0 Å². The Kier molecular flexibility index (Phi) is 4.47. The molecule has 3 heteroatoms. The van der Waals surface area contributed by atoms with Crippen LogP contribution in [0.5, 0.6) is 5.75 Å². The standard InChI is InChI=1S/C18H25NO2/c1-2-13-7-9-16(10-8-13)19-18(20)15-11-14-5-3-4-6-17(14)21-12-15/h3-6,13,15-16H,2,7-12H2,1H3,(H,19,20). The molecule has 1 fully saturated rings. The van der Waals surface area contributed by atoms with E-state index in [1.54, 1.807) is 0 Å². The van der Waals surface area contributed by atoms with Gasteiger partial charge in [-0.25, -0.2) is 0 Å². The smallest absolute Gasteiger partial charge is 0.227 e. The minimum Gasteiger partial charge on any atom is -0.492 e. The lowest BCUT2D eigenvalue weighted by molar-refractivity contribution is -0.127. The van der Waals surface area contributed by atoms with Crippen LogP contribution in [-0.4, -0.2) is 18.6 Å². The zero-order chi connectivity index (χ0) is 14.7. The fourth-order valence-corrected chi connectivity index (χ4v) is 3.53. The summed E-state index contributed by atoms with van der Waals surface area (Å²) < 4.78 is 5.72. The lowest BCUT2D eigenvalue weighted by Gasteiger charge is -2.31. The van der Waals surface area contributed by atoms with E-state index in [2.05, 4.69) is 18.3 Å². The second-order valence-electron chi connectivity index (χ2n) is 6.45. The molecule has 1 saturated carbocycles. The number of para-hydroxylation sites is 1. The summed E-state index contributed by atoms with van der Waals surface area (Å²) in [5.74, 6) is 1.93. The topological polar surface area (TPSA) is 38.3 Å². The number of hydrogen-bond donors (Lipinski definition) is 1. The number of fused-ring (bicyclic) bond motifs is 1. The molecule has 1 heterocycles. The van der Waals surface area contributed by atoms with Crippen molar-refractivity contribution < 1.29 is 9.53 Å². The fraction of sp³-hybridized carbons (Fsp3) is 0.611. The molecule has 3 rings (SSSR count). The van der Waals surface area contributed by atoms with Gasteiger partial charge in [0.15, 0.2) is 0 Å². The van der Waals surface area contributed by atoms with E-state index in [0.29, 0.717) is 12.6 Å². The zero-order valence-corrected chi connectivity index (χ0v) is 12.8. The fourth-order valence-electron chi connectivity index (χ4n) is 3.53. The Hall–Kier alpha value is -1.51. The van der Waals surface area contributed by atoms with Crippen LogP contribution >= 0.6 is 0 Å². The predicted octanol–water partition coefficient (Wildman–Crippen LogP) is 3.32. The highest BCUT2D eigenvalue weighted by Gasteiger charge is 2.28. The highest BCUT2D eigenvalue weighted by Crippen LogP contribution is 2.29. The Labute approximate surface area is 127 Å². The molecule has 0 radical (unpaired) electrons. The van der Waals surface area contributed by atoms with Gasteiger partial charge in [0.25, 0.3) is 0 Å². The lowest BCUT2D eigenvalue weighted by atomic mass is 9.84. The Balaban J connectivity index is 1.53. The third-order valence-corrected chi connectivity index (χ3v) is 5.02. The first kappa shape index (κ1) is 14.4. The van der Waals surface area contributed by atoms with Gasteiger partial charge in [0.2, 0.25) is 5.91 Å². The van der Waals surface area contributed by atoms with Crippen molar-refractivity contribution in [1.82, 2.24) is 5.32 Å². The summed E-state index contributed by atoms with van der Waals surface area (Å²) >= 11 is 0. The molecule has 1 atom stereocenters. The summed E-state index contributed by atoms with van der Waals surface area (Å²) in [6, 6.07) is 8.40. The van der Waals surface area contributed by atoms with Crippen LogP contribution in [0, 0.1) is 11.8 Å². The Morgan fingerprint density at radius 2 is 2.00 bits per heavy atom. The Bertz CT molecular complexity index is 492. The van der Waals surface area contributed by atoms with Gasteiger partial charge in [0, 0.05) is 6.04 Å². The summed E-state index contributed by atoms with van der Waals surface area (Å²) in [5, 5.41) is 3.25. The molecule has 1 N–H and O–H groups in total. The SMILES string of the molecule is CCC1CCC(NC(=O)C2COc3ccccc3C2)CC1. The van der Waals surface area contributed by atoms with E-state index >= 15 is 0 Å². The summed E-state index contributed by atoms with van der Waals surface area (Å²) in [6.45, 7) is 2.77. The first-order valence-corrected chi connectivity index (χ1v) is 8.27. The van der Waals surface area contributed by atoms with E-state index in [9.17, 15) is 4.79 Å². The summed E-state index contributed by atoms with van der Waals surface area (Å²) in [4.78, 5) is 12.4. The average Bonchev–Trinajstić information content (AvgIpc) is 2.55. The maximum atomic E-state index is 12.4. The summed E-state index contributed by atoms with van der Waals surface area (Å²) in [7, 11) is 0. The molecule has 3 nitrogen and oxygen atoms in total. The van der Waals surface area contributed by atoms with Crippen LogP contribution in [-0.2, 0) is 11.2 Å². The molecule has 2 aliphatic rings. The van der Waals surface area contributed by atoms with Gasteiger partial charge < -0.3 is 10.1 Å². The van der Waals surface area contributed by atoms with Gasteiger partial charge in [-0.3, -0.25) is 4.79 Å². The molecule has 0 aromatic heterocycles. The van der Waals surface area contributed by atoms with Crippen molar-refractivity contribution in [3.05, 3.63) is 29.8 Å². The van der Waals surface area contributed by atoms with Crippen LogP contribution in [0.1, 0.15) is 44.6 Å². The van der Waals surface area contributed by atoms with Gasteiger partial charge in [-0.15, -0.1) is 0 Å². The van der Waals surface area contributed by atoms with Gasteiger partial charge in [-0.2, -0.15) is 0 Å². The number of hydrogen-bond acceptors (Lipinski definition) is 2. The number of ether oxygens (including phenoxy) is 1. The molecule has 0 spiro atoms. The first-order valence-electron chi connectivity index (χ1n) is 8.27. The zero-order valence-electron chi connectivity index (χ0n) is 12.8. The van der Waals surface area contributed by atoms with Gasteiger partial charge in [-0.1, -0.05) is 31.5 Å². The highest BCUT2D eigenvalue weighted by molar-refractivity contribution is 5.79. The average molecular weight is 287 g/mol. The molecular formula is C18H25NO2. The number of carbonyl (C=O) groups is 1. The van der Waals surface area contributed by atoms with Crippen molar-refractivity contribution in [3.8, 4) is 5.75 Å². The Morgan fingerprint density at radius 1 is 1.24 bits per heavy atom. The van der Waals surface area contributed by atoms with E-state index in [0.717, 1.165) is 36.5 Å². The number of amides is 1. The van der Waals surface area contributed by atoms with Crippen LogP contribution < -0.4 is 10.1 Å². The van der Waals surface area contributed by atoms with Crippen molar-refractivity contribution in [2.24, 2.45) is 11.8 Å². The van der Waals surface area contributed by atoms with E-state index in [-0.39, 0.29) is 11.8 Å². The van der Waals surface area contributed by atoms with Gasteiger partial charge >= 0.3 is 0 Å². The van der Waals surface area contributed by atoms with Gasteiger partial charge in [-0.05, 0) is 49.7 Å². The van der Waals surface area contributed by atoms with E-state index in [1.807, 2.05) is 18.2 Å². The molecule has 0 bridgehead atoms. The van der Waals surface area contributed by atoms with Crippen LogP contribution in [0.15, 0.2) is 24.3 Å². The molecule has 1 aliphatic heterocycles. The monoisotopic (exact) mass is 287 g/mol. The van der Waals surface area contributed by atoms with Crippen LogP contribution in [0.2, 0.25) is 0 Å². The van der Waals surface area contributed by atoms with Crippen molar-refractivity contribution in [3.63, 3.8) is 0 Å². The minimum atomic E-state index is -0.0381. The number of carbonyl (C=O) groups excluding carboxylic acids is 1. The van der Waals surface area contributed by atoms with Crippen LogP contribution in [0.4, 0.5) is 0 Å².